The van der Waals surface area contributed by atoms with E-state index in [9.17, 15) is 4.79 Å². The second-order valence-corrected chi connectivity index (χ2v) is 4.55. The molecule has 0 aliphatic carbocycles. The van der Waals surface area contributed by atoms with Crippen LogP contribution in [0.3, 0.4) is 0 Å². The molecular weight excluding hydrogens is 226 g/mol. The van der Waals surface area contributed by atoms with Crippen LogP contribution in [0.4, 0.5) is 5.69 Å². The summed E-state index contributed by atoms with van der Waals surface area (Å²) in [6.07, 6.45) is 1.13. The third kappa shape index (κ3) is 2.69. The summed E-state index contributed by atoms with van der Waals surface area (Å²) in [6.45, 7) is 3.49. The average molecular weight is 243 g/mol. The molecule has 1 heterocycles. The Hall–Kier alpha value is -1.86. The third-order valence-corrected chi connectivity index (χ3v) is 3.12. The Balaban J connectivity index is 2.25. The van der Waals surface area contributed by atoms with Gasteiger partial charge < -0.3 is 10.2 Å². The van der Waals surface area contributed by atoms with Crippen molar-refractivity contribution in [1.82, 2.24) is 5.32 Å². The molecule has 4 heteroatoms. The molecule has 4 nitrogen and oxygen atoms in total. The molecule has 18 heavy (non-hydrogen) atoms. The molecule has 0 spiro atoms. The molecule has 1 amide bonds. The summed E-state index contributed by atoms with van der Waals surface area (Å²) < 4.78 is 0. The number of amides is 1. The van der Waals surface area contributed by atoms with Crippen molar-refractivity contribution in [3.05, 3.63) is 29.8 Å². The highest BCUT2D eigenvalue weighted by molar-refractivity contribution is 5.97. The van der Waals surface area contributed by atoms with Gasteiger partial charge in [-0.15, -0.1) is 0 Å². The molecule has 94 valence electrons. The lowest BCUT2D eigenvalue weighted by Gasteiger charge is -2.23. The molecule has 1 atom stereocenters. The van der Waals surface area contributed by atoms with Crippen LogP contribution in [-0.2, 0) is 4.79 Å². The van der Waals surface area contributed by atoms with Crippen molar-refractivity contribution in [2.75, 3.05) is 18.0 Å². The SMILES string of the molecule is Cc1cccc(N2CCCNC(CC#N)C2=O)c1. The number of rotatable bonds is 2. The molecule has 1 saturated heterocycles. The predicted octanol–water partition coefficient (Wildman–Crippen LogP) is 1.60. The van der Waals surface area contributed by atoms with E-state index < -0.39 is 0 Å². The van der Waals surface area contributed by atoms with Crippen LogP contribution >= 0.6 is 0 Å². The van der Waals surface area contributed by atoms with Crippen LogP contribution in [0.1, 0.15) is 18.4 Å². The Bertz CT molecular complexity index is 478. The van der Waals surface area contributed by atoms with Crippen LogP contribution in [0.15, 0.2) is 24.3 Å². The minimum Gasteiger partial charge on any atom is -0.311 e. The lowest BCUT2D eigenvalue weighted by atomic mass is 10.1. The first-order chi connectivity index (χ1) is 8.72. The smallest absolute Gasteiger partial charge is 0.245 e. The molecule has 2 rings (SSSR count). The van der Waals surface area contributed by atoms with Crippen molar-refractivity contribution >= 4 is 11.6 Å². The number of nitrogens with zero attached hydrogens (tertiary/aromatic N) is 2. The maximum atomic E-state index is 12.4. The number of hydrogen-bond acceptors (Lipinski definition) is 3. The van der Waals surface area contributed by atoms with Gasteiger partial charge in [0.25, 0.3) is 0 Å². The Kier molecular flexibility index (Phi) is 3.96. The lowest BCUT2D eigenvalue weighted by molar-refractivity contribution is -0.120. The summed E-state index contributed by atoms with van der Waals surface area (Å²) in [5.41, 5.74) is 2.06. The van der Waals surface area contributed by atoms with Crippen LogP contribution < -0.4 is 10.2 Å². The van der Waals surface area contributed by atoms with Gasteiger partial charge in [-0.25, -0.2) is 0 Å². The zero-order valence-corrected chi connectivity index (χ0v) is 10.5. The van der Waals surface area contributed by atoms with Gasteiger partial charge >= 0.3 is 0 Å². The molecule has 1 aromatic carbocycles. The van der Waals surface area contributed by atoms with Gasteiger partial charge in [-0.3, -0.25) is 4.79 Å². The number of benzene rings is 1. The minimum absolute atomic E-state index is 0.000324. The third-order valence-electron chi connectivity index (χ3n) is 3.12. The van der Waals surface area contributed by atoms with E-state index in [2.05, 4.69) is 11.4 Å². The van der Waals surface area contributed by atoms with Crippen molar-refractivity contribution in [3.63, 3.8) is 0 Å². The first-order valence-corrected chi connectivity index (χ1v) is 6.21. The van der Waals surface area contributed by atoms with Crippen LogP contribution in [0, 0.1) is 18.3 Å². The topological polar surface area (TPSA) is 56.1 Å². The van der Waals surface area contributed by atoms with Crippen molar-refractivity contribution in [1.29, 1.82) is 5.26 Å². The molecule has 1 N–H and O–H groups in total. The molecule has 1 aliphatic heterocycles. The number of carbonyl (C=O) groups is 1. The molecule has 0 saturated carbocycles. The molecule has 0 radical (unpaired) electrons. The Morgan fingerprint density at radius 2 is 2.39 bits per heavy atom. The van der Waals surface area contributed by atoms with Crippen LogP contribution in [0.2, 0.25) is 0 Å². The van der Waals surface area contributed by atoms with E-state index in [1.807, 2.05) is 31.2 Å². The number of anilines is 1. The number of nitrogens with one attached hydrogen (secondary N) is 1. The zero-order chi connectivity index (χ0) is 13.0. The summed E-state index contributed by atoms with van der Waals surface area (Å²) >= 11 is 0. The van der Waals surface area contributed by atoms with E-state index in [0.29, 0.717) is 6.54 Å². The summed E-state index contributed by atoms with van der Waals surface area (Å²) in [7, 11) is 0. The maximum absolute atomic E-state index is 12.4. The summed E-state index contributed by atoms with van der Waals surface area (Å²) in [5.74, 6) is -0.000324. The largest absolute Gasteiger partial charge is 0.311 e. The van der Waals surface area contributed by atoms with Gasteiger partial charge in [0.1, 0.15) is 6.04 Å². The number of nitriles is 1. The average Bonchev–Trinajstić information content (AvgIpc) is 2.53. The van der Waals surface area contributed by atoms with E-state index in [1.54, 1.807) is 4.90 Å². The van der Waals surface area contributed by atoms with Crippen molar-refractivity contribution in [3.8, 4) is 6.07 Å². The number of carbonyl (C=O) groups excluding carboxylic acids is 1. The normalized spacial score (nSPS) is 20.3. The van der Waals surface area contributed by atoms with Crippen molar-refractivity contribution in [2.24, 2.45) is 0 Å². The molecular formula is C14H17N3O. The van der Waals surface area contributed by atoms with Gasteiger partial charge in [-0.1, -0.05) is 12.1 Å². The molecule has 0 bridgehead atoms. The quantitative estimate of drug-likeness (QED) is 0.858. The van der Waals surface area contributed by atoms with E-state index in [-0.39, 0.29) is 18.4 Å². The first-order valence-electron chi connectivity index (χ1n) is 6.21. The van der Waals surface area contributed by atoms with E-state index in [4.69, 9.17) is 5.26 Å². The van der Waals surface area contributed by atoms with Gasteiger partial charge in [0, 0.05) is 12.2 Å². The van der Waals surface area contributed by atoms with Crippen molar-refractivity contribution < 1.29 is 4.79 Å². The molecule has 1 aromatic rings. The van der Waals surface area contributed by atoms with Gasteiger partial charge in [-0.05, 0) is 37.6 Å². The molecule has 1 aliphatic rings. The van der Waals surface area contributed by atoms with Gasteiger partial charge in [-0.2, -0.15) is 5.26 Å². The van der Waals surface area contributed by atoms with E-state index in [1.165, 1.54) is 0 Å². The fourth-order valence-electron chi connectivity index (χ4n) is 2.20. The van der Waals surface area contributed by atoms with Crippen molar-refractivity contribution in [2.45, 2.75) is 25.8 Å². The van der Waals surface area contributed by atoms with Gasteiger partial charge in [0.15, 0.2) is 0 Å². The highest BCUT2D eigenvalue weighted by Gasteiger charge is 2.27. The van der Waals surface area contributed by atoms with Gasteiger partial charge in [0.2, 0.25) is 5.91 Å². The molecule has 0 aromatic heterocycles. The lowest BCUT2D eigenvalue weighted by Crippen LogP contribution is -2.43. The molecule has 1 fully saturated rings. The predicted molar refractivity (Wildman–Crippen MR) is 70.2 cm³/mol. The highest BCUT2D eigenvalue weighted by atomic mass is 16.2. The number of aryl methyl sites for hydroxylation is 1. The Morgan fingerprint density at radius 1 is 1.56 bits per heavy atom. The summed E-state index contributed by atoms with van der Waals surface area (Å²) in [4.78, 5) is 14.1. The summed E-state index contributed by atoms with van der Waals surface area (Å²) in [5, 5.41) is 11.9. The Morgan fingerprint density at radius 3 is 3.11 bits per heavy atom. The van der Waals surface area contributed by atoms with Crippen LogP contribution in [0.25, 0.3) is 0 Å². The Labute approximate surface area is 107 Å². The molecule has 1 unspecified atom stereocenters. The highest BCUT2D eigenvalue weighted by Crippen LogP contribution is 2.19. The monoisotopic (exact) mass is 243 g/mol. The maximum Gasteiger partial charge on any atom is 0.245 e. The first kappa shape index (κ1) is 12.6. The second-order valence-electron chi connectivity index (χ2n) is 4.55. The van der Waals surface area contributed by atoms with E-state index >= 15 is 0 Å². The second kappa shape index (κ2) is 5.65. The van der Waals surface area contributed by atoms with E-state index in [0.717, 1.165) is 24.2 Å². The van der Waals surface area contributed by atoms with Crippen LogP contribution in [0.5, 0.6) is 0 Å². The standard InChI is InChI=1S/C14H17N3O/c1-11-4-2-5-12(10-11)17-9-3-8-16-13(6-7-15)14(17)18/h2,4-5,10,13,16H,3,6,8-9H2,1H3. The number of hydrogen-bond donors (Lipinski definition) is 1. The minimum atomic E-state index is -0.377. The van der Waals surface area contributed by atoms with Crippen LogP contribution in [-0.4, -0.2) is 25.0 Å². The summed E-state index contributed by atoms with van der Waals surface area (Å²) in [6, 6.07) is 9.61. The van der Waals surface area contributed by atoms with Gasteiger partial charge in [0.05, 0.1) is 12.5 Å². The fourth-order valence-corrected chi connectivity index (χ4v) is 2.20. The zero-order valence-electron chi connectivity index (χ0n) is 10.5. The fraction of sp³-hybridized carbons (Fsp3) is 0.429.